The molecule has 2 aromatic carbocycles. The average Bonchev–Trinajstić information content (AvgIpc) is 2.43. The highest BCUT2D eigenvalue weighted by atomic mass is 79.9. The van der Waals surface area contributed by atoms with Crippen molar-refractivity contribution in [2.75, 3.05) is 12.4 Å². The van der Waals surface area contributed by atoms with E-state index in [-0.39, 0.29) is 0 Å². The zero-order valence-corrected chi connectivity index (χ0v) is 12.3. The standard InChI is InChI=1S/C15H13BrN2O/c1-10-7-12(4-6-14(10)16)18-15-8-13(19-2)5-3-11(15)9-17/h3-8,18H,1-2H3. The summed E-state index contributed by atoms with van der Waals surface area (Å²) in [5.41, 5.74) is 3.39. The van der Waals surface area contributed by atoms with Crippen LogP contribution in [0.1, 0.15) is 11.1 Å². The van der Waals surface area contributed by atoms with Gasteiger partial charge in [0.05, 0.1) is 18.4 Å². The second kappa shape index (κ2) is 5.77. The van der Waals surface area contributed by atoms with Gasteiger partial charge in [-0.25, -0.2) is 0 Å². The van der Waals surface area contributed by atoms with Gasteiger partial charge in [0.2, 0.25) is 0 Å². The third-order valence-electron chi connectivity index (χ3n) is 2.78. The second-order valence-electron chi connectivity index (χ2n) is 4.11. The van der Waals surface area contributed by atoms with Crippen LogP contribution in [0.4, 0.5) is 11.4 Å². The molecule has 3 nitrogen and oxygen atoms in total. The van der Waals surface area contributed by atoms with Crippen molar-refractivity contribution in [3.05, 3.63) is 52.0 Å². The van der Waals surface area contributed by atoms with Gasteiger partial charge < -0.3 is 10.1 Å². The number of hydrogen-bond acceptors (Lipinski definition) is 3. The molecule has 0 heterocycles. The highest BCUT2D eigenvalue weighted by Crippen LogP contribution is 2.27. The molecule has 4 heteroatoms. The largest absolute Gasteiger partial charge is 0.497 e. The maximum Gasteiger partial charge on any atom is 0.121 e. The molecule has 2 rings (SSSR count). The predicted octanol–water partition coefficient (Wildman–Crippen LogP) is 4.38. The average molecular weight is 317 g/mol. The molecule has 0 spiro atoms. The summed E-state index contributed by atoms with van der Waals surface area (Å²) in [7, 11) is 1.61. The van der Waals surface area contributed by atoms with E-state index in [4.69, 9.17) is 10.00 Å². The van der Waals surface area contributed by atoms with E-state index in [9.17, 15) is 0 Å². The molecule has 19 heavy (non-hydrogen) atoms. The fourth-order valence-corrected chi connectivity index (χ4v) is 1.98. The van der Waals surface area contributed by atoms with Crippen molar-refractivity contribution >= 4 is 27.3 Å². The van der Waals surface area contributed by atoms with Gasteiger partial charge in [0, 0.05) is 16.2 Å². The second-order valence-corrected chi connectivity index (χ2v) is 4.97. The van der Waals surface area contributed by atoms with Crippen LogP contribution < -0.4 is 10.1 Å². The lowest BCUT2D eigenvalue weighted by Gasteiger charge is -2.11. The molecule has 0 saturated carbocycles. The normalized spacial score (nSPS) is 9.79. The Bertz CT molecular complexity index is 647. The molecule has 0 radical (unpaired) electrons. The van der Waals surface area contributed by atoms with Crippen LogP contribution >= 0.6 is 15.9 Å². The lowest BCUT2D eigenvalue weighted by Crippen LogP contribution is -1.95. The molecule has 0 fully saturated rings. The summed E-state index contributed by atoms with van der Waals surface area (Å²) < 4.78 is 6.24. The monoisotopic (exact) mass is 316 g/mol. The summed E-state index contributed by atoms with van der Waals surface area (Å²) in [4.78, 5) is 0. The number of nitrogens with zero attached hydrogens (tertiary/aromatic N) is 1. The van der Waals surface area contributed by atoms with Gasteiger partial charge in [-0.15, -0.1) is 0 Å². The molecule has 0 aliphatic rings. The van der Waals surface area contributed by atoms with Crippen LogP contribution in [0.5, 0.6) is 5.75 Å². The van der Waals surface area contributed by atoms with Crippen LogP contribution in [0.25, 0.3) is 0 Å². The van der Waals surface area contributed by atoms with Crippen LogP contribution in [-0.4, -0.2) is 7.11 Å². The first-order valence-electron chi connectivity index (χ1n) is 5.75. The number of anilines is 2. The van der Waals surface area contributed by atoms with Crippen molar-refractivity contribution in [1.82, 2.24) is 0 Å². The maximum atomic E-state index is 9.12. The van der Waals surface area contributed by atoms with Gasteiger partial charge in [0.25, 0.3) is 0 Å². The van der Waals surface area contributed by atoms with Gasteiger partial charge in [0.1, 0.15) is 11.8 Å². The molecule has 0 unspecified atom stereocenters. The minimum absolute atomic E-state index is 0.585. The zero-order valence-electron chi connectivity index (χ0n) is 10.7. The predicted molar refractivity (Wildman–Crippen MR) is 79.9 cm³/mol. The molecule has 0 atom stereocenters. The number of rotatable bonds is 3. The Balaban J connectivity index is 2.36. The van der Waals surface area contributed by atoms with Crippen LogP contribution in [0.2, 0.25) is 0 Å². The first-order valence-corrected chi connectivity index (χ1v) is 6.54. The Morgan fingerprint density at radius 2 is 2.00 bits per heavy atom. The maximum absolute atomic E-state index is 9.12. The highest BCUT2D eigenvalue weighted by molar-refractivity contribution is 9.10. The molecule has 0 bridgehead atoms. The van der Waals surface area contributed by atoms with Gasteiger partial charge in [-0.1, -0.05) is 15.9 Å². The number of aryl methyl sites for hydroxylation is 1. The molecule has 0 amide bonds. The van der Waals surface area contributed by atoms with Crippen LogP contribution in [0, 0.1) is 18.3 Å². The Labute approximate surface area is 121 Å². The molecule has 2 aromatic rings. The van der Waals surface area contributed by atoms with E-state index in [1.165, 1.54) is 0 Å². The van der Waals surface area contributed by atoms with Crippen molar-refractivity contribution in [3.8, 4) is 11.8 Å². The molecular weight excluding hydrogens is 304 g/mol. The Morgan fingerprint density at radius 1 is 1.21 bits per heavy atom. The van der Waals surface area contributed by atoms with Gasteiger partial charge in [-0.05, 0) is 42.8 Å². The van der Waals surface area contributed by atoms with Crippen molar-refractivity contribution < 1.29 is 4.74 Å². The van der Waals surface area contributed by atoms with Crippen LogP contribution in [0.3, 0.4) is 0 Å². The number of halogens is 1. The van der Waals surface area contributed by atoms with E-state index in [1.807, 2.05) is 31.2 Å². The molecule has 96 valence electrons. The SMILES string of the molecule is COc1ccc(C#N)c(Nc2ccc(Br)c(C)c2)c1. The number of nitrogens with one attached hydrogen (secondary N) is 1. The third-order valence-corrected chi connectivity index (χ3v) is 3.67. The van der Waals surface area contributed by atoms with Crippen molar-refractivity contribution in [1.29, 1.82) is 5.26 Å². The quantitative estimate of drug-likeness (QED) is 0.913. The van der Waals surface area contributed by atoms with E-state index in [1.54, 1.807) is 19.2 Å². The van der Waals surface area contributed by atoms with Gasteiger partial charge in [0.15, 0.2) is 0 Å². The first kappa shape index (κ1) is 13.4. The third kappa shape index (κ3) is 3.07. The smallest absolute Gasteiger partial charge is 0.121 e. The van der Waals surface area contributed by atoms with Crippen LogP contribution in [0.15, 0.2) is 40.9 Å². The Hall–Kier alpha value is -1.99. The van der Waals surface area contributed by atoms with E-state index in [0.717, 1.165) is 27.2 Å². The number of nitriles is 1. The summed E-state index contributed by atoms with van der Waals surface area (Å²) in [6.07, 6.45) is 0. The summed E-state index contributed by atoms with van der Waals surface area (Å²) in [5.74, 6) is 0.718. The lowest BCUT2D eigenvalue weighted by atomic mass is 10.1. The number of ether oxygens (including phenoxy) is 1. The molecule has 0 aromatic heterocycles. The fraction of sp³-hybridized carbons (Fsp3) is 0.133. The number of hydrogen-bond donors (Lipinski definition) is 1. The van der Waals surface area contributed by atoms with Gasteiger partial charge in [-0.2, -0.15) is 5.26 Å². The summed E-state index contributed by atoms with van der Waals surface area (Å²) >= 11 is 3.47. The van der Waals surface area contributed by atoms with Crippen molar-refractivity contribution in [2.24, 2.45) is 0 Å². The Morgan fingerprint density at radius 3 is 2.63 bits per heavy atom. The van der Waals surface area contributed by atoms with E-state index in [0.29, 0.717) is 5.56 Å². The fourth-order valence-electron chi connectivity index (χ4n) is 1.73. The van der Waals surface area contributed by atoms with Crippen LogP contribution in [-0.2, 0) is 0 Å². The van der Waals surface area contributed by atoms with Crippen molar-refractivity contribution in [3.63, 3.8) is 0 Å². The summed E-state index contributed by atoms with van der Waals surface area (Å²) in [6.45, 7) is 2.02. The molecular formula is C15H13BrN2O. The van der Waals surface area contributed by atoms with Crippen molar-refractivity contribution in [2.45, 2.75) is 6.92 Å². The number of methoxy groups -OCH3 is 1. The number of benzene rings is 2. The van der Waals surface area contributed by atoms with Gasteiger partial charge in [-0.3, -0.25) is 0 Å². The minimum atomic E-state index is 0.585. The molecule has 0 saturated heterocycles. The van der Waals surface area contributed by atoms with E-state index < -0.39 is 0 Å². The topological polar surface area (TPSA) is 45.0 Å². The zero-order chi connectivity index (χ0) is 13.8. The van der Waals surface area contributed by atoms with E-state index in [2.05, 4.69) is 27.3 Å². The van der Waals surface area contributed by atoms with E-state index >= 15 is 0 Å². The molecule has 0 aliphatic heterocycles. The minimum Gasteiger partial charge on any atom is -0.497 e. The summed E-state index contributed by atoms with van der Waals surface area (Å²) in [6, 6.07) is 13.4. The molecule has 0 aliphatic carbocycles. The Kier molecular flexibility index (Phi) is 4.08. The molecule has 1 N–H and O–H groups in total. The first-order chi connectivity index (χ1) is 9.13. The van der Waals surface area contributed by atoms with Gasteiger partial charge >= 0.3 is 0 Å². The summed E-state index contributed by atoms with van der Waals surface area (Å²) in [5, 5.41) is 12.4. The highest BCUT2D eigenvalue weighted by Gasteiger charge is 2.05. The lowest BCUT2D eigenvalue weighted by molar-refractivity contribution is 0.415.